The lowest BCUT2D eigenvalue weighted by Gasteiger charge is -2.06. The normalized spacial score (nSPS) is 10.2. The standard InChI is InChI=1S/C13H14N4O2S/c1-17-12(18)15-16-13(17)20-8-4-7-19-11-6-3-2-5-10(11)9-14/h2-3,5-6H,4,7-8H2,1H3,(H,15,18). The molecule has 2 rings (SSSR count). The van der Waals surface area contributed by atoms with E-state index in [0.29, 0.717) is 23.1 Å². The van der Waals surface area contributed by atoms with Gasteiger partial charge in [-0.25, -0.2) is 9.89 Å². The highest BCUT2D eigenvalue weighted by molar-refractivity contribution is 7.99. The summed E-state index contributed by atoms with van der Waals surface area (Å²) in [5, 5.41) is 15.9. The Morgan fingerprint density at radius 1 is 1.50 bits per heavy atom. The molecule has 1 N–H and O–H groups in total. The van der Waals surface area contributed by atoms with E-state index in [9.17, 15) is 4.79 Å². The van der Waals surface area contributed by atoms with Gasteiger partial charge in [0.2, 0.25) is 0 Å². The van der Waals surface area contributed by atoms with Crippen LogP contribution in [-0.2, 0) is 7.05 Å². The van der Waals surface area contributed by atoms with Crippen molar-refractivity contribution in [2.45, 2.75) is 11.6 Å². The van der Waals surface area contributed by atoms with Crippen LogP contribution in [-0.4, -0.2) is 27.1 Å². The molecular weight excluding hydrogens is 276 g/mol. The Hall–Kier alpha value is -2.20. The number of rotatable bonds is 6. The van der Waals surface area contributed by atoms with Crippen LogP contribution < -0.4 is 10.4 Å². The Morgan fingerprint density at radius 3 is 3.00 bits per heavy atom. The first kappa shape index (κ1) is 14.2. The summed E-state index contributed by atoms with van der Waals surface area (Å²) in [5.74, 6) is 1.39. The average molecular weight is 290 g/mol. The molecule has 2 aromatic rings. The van der Waals surface area contributed by atoms with Crippen LogP contribution in [0.4, 0.5) is 0 Å². The van der Waals surface area contributed by atoms with Gasteiger partial charge >= 0.3 is 5.69 Å². The number of hydrogen-bond donors (Lipinski definition) is 1. The van der Waals surface area contributed by atoms with Crippen LogP contribution in [0.15, 0.2) is 34.2 Å². The summed E-state index contributed by atoms with van der Waals surface area (Å²) in [5.41, 5.74) is 0.321. The number of para-hydroxylation sites is 1. The summed E-state index contributed by atoms with van der Waals surface area (Å²) in [6, 6.07) is 9.24. The number of hydrogen-bond acceptors (Lipinski definition) is 5. The first-order valence-electron chi connectivity index (χ1n) is 6.08. The molecule has 0 spiro atoms. The van der Waals surface area contributed by atoms with E-state index in [4.69, 9.17) is 10.00 Å². The maximum absolute atomic E-state index is 11.2. The second kappa shape index (κ2) is 6.82. The molecule has 0 unspecified atom stereocenters. The number of nitrogens with one attached hydrogen (secondary N) is 1. The van der Waals surface area contributed by atoms with Gasteiger partial charge in [0.05, 0.1) is 12.2 Å². The van der Waals surface area contributed by atoms with Crippen molar-refractivity contribution in [3.8, 4) is 11.8 Å². The van der Waals surface area contributed by atoms with Gasteiger partial charge in [0.15, 0.2) is 5.16 Å². The smallest absolute Gasteiger partial charge is 0.343 e. The molecule has 0 radical (unpaired) electrons. The fourth-order valence-corrected chi connectivity index (χ4v) is 2.38. The topological polar surface area (TPSA) is 83.7 Å². The van der Waals surface area contributed by atoms with Crippen molar-refractivity contribution in [1.82, 2.24) is 14.8 Å². The van der Waals surface area contributed by atoms with Gasteiger partial charge in [-0.3, -0.25) is 4.57 Å². The molecule has 0 aliphatic rings. The number of nitriles is 1. The molecule has 0 saturated heterocycles. The van der Waals surface area contributed by atoms with Crippen molar-refractivity contribution < 1.29 is 4.74 Å². The van der Waals surface area contributed by atoms with Gasteiger partial charge in [0.1, 0.15) is 11.8 Å². The third-order valence-electron chi connectivity index (χ3n) is 2.62. The molecule has 20 heavy (non-hydrogen) atoms. The number of nitrogens with zero attached hydrogens (tertiary/aromatic N) is 3. The molecule has 1 aromatic carbocycles. The SMILES string of the molecule is Cn1c(SCCCOc2ccccc2C#N)n[nH]c1=O. The van der Waals surface area contributed by atoms with Crippen LogP contribution in [0.25, 0.3) is 0 Å². The highest BCUT2D eigenvalue weighted by Crippen LogP contribution is 2.18. The molecule has 0 aliphatic carbocycles. The third kappa shape index (κ3) is 3.42. The Balaban J connectivity index is 1.76. The number of aromatic nitrogens is 3. The quantitative estimate of drug-likeness (QED) is 0.644. The fourth-order valence-electron chi connectivity index (χ4n) is 1.55. The molecule has 104 valence electrons. The maximum atomic E-state index is 11.2. The molecular formula is C13H14N4O2S. The van der Waals surface area contributed by atoms with Crippen molar-refractivity contribution in [2.75, 3.05) is 12.4 Å². The summed E-state index contributed by atoms with van der Waals surface area (Å²) < 4.78 is 7.04. The van der Waals surface area contributed by atoms with Gasteiger partial charge in [0.25, 0.3) is 0 Å². The minimum atomic E-state index is -0.216. The third-order valence-corrected chi connectivity index (χ3v) is 3.74. The summed E-state index contributed by atoms with van der Waals surface area (Å²) in [4.78, 5) is 11.2. The van der Waals surface area contributed by atoms with E-state index >= 15 is 0 Å². The lowest BCUT2D eigenvalue weighted by molar-refractivity contribution is 0.318. The van der Waals surface area contributed by atoms with Gasteiger partial charge in [-0.15, -0.1) is 5.10 Å². The van der Waals surface area contributed by atoms with Crippen molar-refractivity contribution in [3.63, 3.8) is 0 Å². The van der Waals surface area contributed by atoms with Crippen LogP contribution in [0.2, 0.25) is 0 Å². The number of H-pyrrole nitrogens is 1. The Bertz CT molecular complexity index is 671. The minimum absolute atomic E-state index is 0.216. The van der Waals surface area contributed by atoms with Crippen molar-refractivity contribution in [3.05, 3.63) is 40.3 Å². The van der Waals surface area contributed by atoms with E-state index in [1.807, 2.05) is 6.07 Å². The number of aromatic amines is 1. The molecule has 0 aliphatic heterocycles. The van der Waals surface area contributed by atoms with Gasteiger partial charge in [-0.2, -0.15) is 5.26 Å². The molecule has 7 heteroatoms. The van der Waals surface area contributed by atoms with E-state index in [0.717, 1.165) is 12.2 Å². The van der Waals surface area contributed by atoms with Gasteiger partial charge < -0.3 is 4.74 Å². The molecule has 0 saturated carbocycles. The first-order valence-corrected chi connectivity index (χ1v) is 7.07. The van der Waals surface area contributed by atoms with Crippen LogP contribution in [0, 0.1) is 11.3 Å². The zero-order valence-corrected chi connectivity index (χ0v) is 11.8. The lowest BCUT2D eigenvalue weighted by Crippen LogP contribution is -2.13. The zero-order valence-electron chi connectivity index (χ0n) is 11.0. The highest BCUT2D eigenvalue weighted by atomic mass is 32.2. The molecule has 0 amide bonds. The monoisotopic (exact) mass is 290 g/mol. The Labute approximate surface area is 120 Å². The predicted octanol–water partition coefficient (Wildman–Crippen LogP) is 1.54. The van der Waals surface area contributed by atoms with Gasteiger partial charge in [-0.1, -0.05) is 23.9 Å². The summed E-state index contributed by atoms with van der Waals surface area (Å²) >= 11 is 1.49. The van der Waals surface area contributed by atoms with Gasteiger partial charge in [0, 0.05) is 12.8 Å². The van der Waals surface area contributed by atoms with Crippen LogP contribution >= 0.6 is 11.8 Å². The maximum Gasteiger partial charge on any atom is 0.343 e. The fraction of sp³-hybridized carbons (Fsp3) is 0.308. The Morgan fingerprint density at radius 2 is 2.30 bits per heavy atom. The summed E-state index contributed by atoms with van der Waals surface area (Å²) in [6.45, 7) is 0.518. The zero-order chi connectivity index (χ0) is 14.4. The molecule has 0 bridgehead atoms. The second-order valence-electron chi connectivity index (χ2n) is 4.03. The van der Waals surface area contributed by atoms with Gasteiger partial charge in [-0.05, 0) is 18.6 Å². The Kier molecular flexibility index (Phi) is 4.85. The molecule has 1 aromatic heterocycles. The van der Waals surface area contributed by atoms with Crippen molar-refractivity contribution in [1.29, 1.82) is 5.26 Å². The molecule has 1 heterocycles. The van der Waals surface area contributed by atoms with E-state index in [1.165, 1.54) is 16.3 Å². The highest BCUT2D eigenvalue weighted by Gasteiger charge is 2.05. The van der Waals surface area contributed by atoms with Crippen LogP contribution in [0.3, 0.4) is 0 Å². The van der Waals surface area contributed by atoms with E-state index in [2.05, 4.69) is 16.3 Å². The van der Waals surface area contributed by atoms with E-state index in [1.54, 1.807) is 25.2 Å². The number of thioether (sulfide) groups is 1. The number of ether oxygens (including phenoxy) is 1. The van der Waals surface area contributed by atoms with Crippen LogP contribution in [0.1, 0.15) is 12.0 Å². The van der Waals surface area contributed by atoms with E-state index in [-0.39, 0.29) is 5.69 Å². The minimum Gasteiger partial charge on any atom is -0.492 e. The number of benzene rings is 1. The first-order chi connectivity index (χ1) is 9.72. The van der Waals surface area contributed by atoms with Crippen molar-refractivity contribution in [2.24, 2.45) is 7.05 Å². The van der Waals surface area contributed by atoms with Crippen molar-refractivity contribution >= 4 is 11.8 Å². The van der Waals surface area contributed by atoms with E-state index < -0.39 is 0 Å². The summed E-state index contributed by atoms with van der Waals surface area (Å²) in [6.07, 6.45) is 0.797. The predicted molar refractivity (Wildman–Crippen MR) is 75.8 cm³/mol. The molecule has 0 fully saturated rings. The largest absolute Gasteiger partial charge is 0.492 e. The molecule has 6 nitrogen and oxygen atoms in total. The van der Waals surface area contributed by atoms with Crippen LogP contribution in [0.5, 0.6) is 5.75 Å². The lowest BCUT2D eigenvalue weighted by atomic mass is 10.2. The molecule has 0 atom stereocenters. The average Bonchev–Trinajstić information content (AvgIpc) is 2.79. The second-order valence-corrected chi connectivity index (χ2v) is 5.09. The summed E-state index contributed by atoms with van der Waals surface area (Å²) in [7, 11) is 1.67.